The van der Waals surface area contributed by atoms with Gasteiger partial charge in [0, 0.05) is 13.2 Å². The Balaban J connectivity index is 2.35. The van der Waals surface area contributed by atoms with Gasteiger partial charge in [0.2, 0.25) is 0 Å². The Morgan fingerprint density at radius 3 is 2.67 bits per heavy atom. The Morgan fingerprint density at radius 2 is 2.22 bits per heavy atom. The van der Waals surface area contributed by atoms with Crippen LogP contribution in [0.2, 0.25) is 5.02 Å². The van der Waals surface area contributed by atoms with Crippen molar-refractivity contribution in [2.24, 2.45) is 7.05 Å². The van der Waals surface area contributed by atoms with E-state index in [-0.39, 0.29) is 4.21 Å². The number of halogens is 2. The van der Waals surface area contributed by atoms with Crippen LogP contribution in [0.4, 0.5) is 5.69 Å². The van der Waals surface area contributed by atoms with Gasteiger partial charge in [-0.3, -0.25) is 9.40 Å². The Hall–Kier alpha value is -0.570. The lowest BCUT2D eigenvalue weighted by Gasteiger charge is -2.03. The van der Waals surface area contributed by atoms with Crippen molar-refractivity contribution in [2.45, 2.75) is 11.1 Å². The Kier molecular flexibility index (Phi) is 3.72. The van der Waals surface area contributed by atoms with Gasteiger partial charge in [0.25, 0.3) is 10.0 Å². The molecular formula is C9H9BrClN3O2S2. The second-order valence-electron chi connectivity index (χ2n) is 3.59. The van der Waals surface area contributed by atoms with Crippen LogP contribution in [0, 0.1) is 6.92 Å². The summed E-state index contributed by atoms with van der Waals surface area (Å²) >= 11 is 10.1. The van der Waals surface area contributed by atoms with Crippen LogP contribution in [0.3, 0.4) is 0 Å². The first-order valence-electron chi connectivity index (χ1n) is 4.77. The first kappa shape index (κ1) is 13.9. The third-order valence-electron chi connectivity index (χ3n) is 2.15. The maximum Gasteiger partial charge on any atom is 0.271 e. The van der Waals surface area contributed by atoms with Crippen molar-refractivity contribution in [3.63, 3.8) is 0 Å². The second-order valence-corrected chi connectivity index (χ2v) is 8.28. The molecule has 2 aromatic heterocycles. The van der Waals surface area contributed by atoms with E-state index < -0.39 is 10.0 Å². The van der Waals surface area contributed by atoms with Crippen LogP contribution >= 0.6 is 38.9 Å². The largest absolute Gasteiger partial charge is 0.275 e. The summed E-state index contributed by atoms with van der Waals surface area (Å²) in [6.45, 7) is 1.73. The summed E-state index contributed by atoms with van der Waals surface area (Å²) in [4.78, 5) is 0. The number of rotatable bonds is 3. The van der Waals surface area contributed by atoms with Gasteiger partial charge in [0.05, 0.1) is 20.2 Å². The lowest BCUT2D eigenvalue weighted by Crippen LogP contribution is -2.11. The molecule has 0 spiro atoms. The molecule has 0 aromatic carbocycles. The number of nitrogens with zero attached hydrogens (tertiary/aromatic N) is 2. The van der Waals surface area contributed by atoms with Gasteiger partial charge >= 0.3 is 0 Å². The molecule has 0 bridgehead atoms. The first-order chi connectivity index (χ1) is 8.29. The molecule has 2 rings (SSSR count). The molecule has 5 nitrogen and oxygen atoms in total. The monoisotopic (exact) mass is 369 g/mol. The van der Waals surface area contributed by atoms with Crippen molar-refractivity contribution >= 4 is 54.6 Å². The third kappa shape index (κ3) is 2.71. The summed E-state index contributed by atoms with van der Waals surface area (Å²) < 4.78 is 29.0. The minimum absolute atomic E-state index is 0.155. The number of thiophene rings is 1. The first-order valence-corrected chi connectivity index (χ1v) is 8.24. The molecule has 0 saturated carbocycles. The molecular weight excluding hydrogens is 362 g/mol. The predicted octanol–water partition coefficient (Wildman–Crippen LogP) is 3.01. The zero-order valence-corrected chi connectivity index (χ0v) is 13.4. The highest BCUT2D eigenvalue weighted by Crippen LogP contribution is 2.35. The molecule has 0 aliphatic heterocycles. The molecule has 0 unspecified atom stereocenters. The van der Waals surface area contributed by atoms with Gasteiger partial charge in [-0.1, -0.05) is 11.6 Å². The molecule has 0 saturated heterocycles. The van der Waals surface area contributed by atoms with Crippen molar-refractivity contribution in [3.8, 4) is 0 Å². The molecule has 0 amide bonds. The maximum atomic E-state index is 12.1. The van der Waals surface area contributed by atoms with E-state index in [9.17, 15) is 8.42 Å². The lowest BCUT2D eigenvalue weighted by atomic mass is 10.4. The quantitative estimate of drug-likeness (QED) is 0.903. The second kappa shape index (κ2) is 4.84. The molecule has 0 radical (unpaired) electrons. The molecule has 1 N–H and O–H groups in total. The molecule has 0 fully saturated rings. The van der Waals surface area contributed by atoms with Crippen LogP contribution < -0.4 is 4.72 Å². The summed E-state index contributed by atoms with van der Waals surface area (Å²) in [7, 11) is -1.90. The zero-order chi connectivity index (χ0) is 13.5. The highest BCUT2D eigenvalue weighted by Gasteiger charge is 2.20. The lowest BCUT2D eigenvalue weighted by molar-refractivity contribution is 0.603. The number of anilines is 1. The summed E-state index contributed by atoms with van der Waals surface area (Å²) in [6, 6.07) is 1.41. The molecule has 0 aliphatic rings. The molecule has 2 heterocycles. The van der Waals surface area contributed by atoms with E-state index in [1.807, 2.05) is 0 Å². The normalized spacial score (nSPS) is 11.8. The molecule has 2 aromatic rings. The molecule has 0 atom stereocenters. The van der Waals surface area contributed by atoms with Crippen LogP contribution in [-0.2, 0) is 17.1 Å². The SMILES string of the molecule is Cc1nn(C)cc1NS(=O)(=O)c1cc(Cl)c(Br)s1. The highest BCUT2D eigenvalue weighted by molar-refractivity contribution is 9.11. The highest BCUT2D eigenvalue weighted by atomic mass is 79.9. The van der Waals surface area contributed by atoms with E-state index in [0.717, 1.165) is 11.3 Å². The standard InChI is InChI=1S/C9H9BrClN3O2S2/c1-5-7(4-14(2)12-5)13-18(15,16)8-3-6(11)9(10)17-8/h3-4,13H,1-2H3. The van der Waals surface area contributed by atoms with Gasteiger partial charge in [0.15, 0.2) is 0 Å². The summed E-state index contributed by atoms with van der Waals surface area (Å²) in [6.07, 6.45) is 1.61. The third-order valence-corrected chi connectivity index (χ3v) is 6.46. The van der Waals surface area contributed by atoms with Crippen LogP contribution in [0.5, 0.6) is 0 Å². The van der Waals surface area contributed by atoms with Crippen molar-refractivity contribution in [1.82, 2.24) is 9.78 Å². The minimum Gasteiger partial charge on any atom is -0.275 e. The fourth-order valence-corrected chi connectivity index (χ4v) is 4.85. The van der Waals surface area contributed by atoms with Crippen molar-refractivity contribution in [2.75, 3.05) is 4.72 Å². The number of aryl methyl sites for hydroxylation is 2. The number of aromatic nitrogens is 2. The summed E-state index contributed by atoms with van der Waals surface area (Å²) in [5.41, 5.74) is 1.07. The van der Waals surface area contributed by atoms with E-state index in [1.165, 1.54) is 6.07 Å². The van der Waals surface area contributed by atoms with Gasteiger partial charge in [-0.15, -0.1) is 11.3 Å². The van der Waals surface area contributed by atoms with Crippen molar-refractivity contribution in [3.05, 3.63) is 26.8 Å². The summed E-state index contributed by atoms with van der Waals surface area (Å²) in [5.74, 6) is 0. The van der Waals surface area contributed by atoms with Gasteiger partial charge in [-0.2, -0.15) is 5.10 Å². The number of hydrogen-bond acceptors (Lipinski definition) is 4. The Morgan fingerprint density at radius 1 is 1.56 bits per heavy atom. The van der Waals surface area contributed by atoms with Crippen LogP contribution in [0.1, 0.15) is 5.69 Å². The minimum atomic E-state index is -3.62. The topological polar surface area (TPSA) is 64.0 Å². The number of nitrogens with one attached hydrogen (secondary N) is 1. The van der Waals surface area contributed by atoms with E-state index >= 15 is 0 Å². The number of sulfonamides is 1. The summed E-state index contributed by atoms with van der Waals surface area (Å²) in [5, 5.41) is 4.45. The van der Waals surface area contributed by atoms with Gasteiger partial charge < -0.3 is 0 Å². The molecule has 18 heavy (non-hydrogen) atoms. The Labute approximate surface area is 122 Å². The van der Waals surface area contributed by atoms with Crippen LogP contribution in [0.25, 0.3) is 0 Å². The average Bonchev–Trinajstić information content (AvgIpc) is 2.72. The van der Waals surface area contributed by atoms with Gasteiger partial charge in [-0.25, -0.2) is 8.42 Å². The van der Waals surface area contributed by atoms with Gasteiger partial charge in [0.1, 0.15) is 4.21 Å². The fourth-order valence-electron chi connectivity index (χ4n) is 1.35. The maximum absolute atomic E-state index is 12.1. The van der Waals surface area contributed by atoms with E-state index in [2.05, 4.69) is 25.8 Å². The number of hydrogen-bond donors (Lipinski definition) is 1. The van der Waals surface area contributed by atoms with Crippen LogP contribution in [0.15, 0.2) is 20.3 Å². The molecule has 98 valence electrons. The van der Waals surface area contributed by atoms with E-state index in [1.54, 1.807) is 24.9 Å². The van der Waals surface area contributed by atoms with Crippen molar-refractivity contribution in [1.29, 1.82) is 0 Å². The van der Waals surface area contributed by atoms with E-state index in [4.69, 9.17) is 11.6 Å². The Bertz CT molecular complexity index is 673. The predicted molar refractivity (Wildman–Crippen MR) is 75.8 cm³/mol. The molecule has 0 aliphatic carbocycles. The zero-order valence-electron chi connectivity index (χ0n) is 9.44. The van der Waals surface area contributed by atoms with Crippen LogP contribution in [-0.4, -0.2) is 18.2 Å². The van der Waals surface area contributed by atoms with E-state index in [0.29, 0.717) is 20.2 Å². The fraction of sp³-hybridized carbons (Fsp3) is 0.222. The molecule has 9 heteroatoms. The van der Waals surface area contributed by atoms with Crippen molar-refractivity contribution < 1.29 is 8.42 Å². The smallest absolute Gasteiger partial charge is 0.271 e. The average molecular weight is 371 g/mol. The van der Waals surface area contributed by atoms with Gasteiger partial charge in [-0.05, 0) is 28.9 Å².